The molecule has 13 heteroatoms. The number of hydrogen-bond acceptors (Lipinski definition) is 7. The van der Waals surface area contributed by atoms with Crippen molar-refractivity contribution in [3.05, 3.63) is 74.1 Å². The minimum atomic E-state index is -0.982. The van der Waals surface area contributed by atoms with Gasteiger partial charge in [-0.05, 0) is 46.8 Å². The van der Waals surface area contributed by atoms with Crippen LogP contribution in [0.5, 0.6) is 0 Å². The summed E-state index contributed by atoms with van der Waals surface area (Å²) in [5, 5.41) is 13.2. The molecule has 0 aliphatic carbocycles. The summed E-state index contributed by atoms with van der Waals surface area (Å²) in [6, 6.07) is 5.67. The molecule has 2 aromatic carbocycles. The number of ether oxygens (including phenoxy) is 1. The second-order valence-electron chi connectivity index (χ2n) is 10.8. The number of fused-ring (bicyclic) bond motifs is 1. The molecule has 11 nitrogen and oxygen atoms in total. The van der Waals surface area contributed by atoms with Gasteiger partial charge in [0.25, 0.3) is 11.6 Å². The Labute approximate surface area is 234 Å². The molecule has 1 atom stereocenters. The van der Waals surface area contributed by atoms with E-state index >= 15 is 8.78 Å². The Balaban J connectivity index is 1.68. The van der Waals surface area contributed by atoms with Gasteiger partial charge < -0.3 is 24.4 Å². The van der Waals surface area contributed by atoms with E-state index in [9.17, 15) is 24.5 Å². The standard InChI is InChI=1S/C28H31F2N5O6/c1-6-32-15-20(26(37)31-17-8-7-9-18(12-17)35(39)40)25(36)19-13-21(29)24(22(30)23(19)32)33-10-11-34(16(2)14-33)27(38)41-28(3,4)5/h7-9,12-13,15-16H,6,10-11,14H2,1-5H3,(H,31,37). The first-order valence-electron chi connectivity index (χ1n) is 13.1. The van der Waals surface area contributed by atoms with Crippen LogP contribution in [0.4, 0.5) is 30.6 Å². The molecule has 1 aromatic heterocycles. The zero-order valence-corrected chi connectivity index (χ0v) is 23.4. The fraction of sp³-hybridized carbons (Fsp3) is 0.393. The smallest absolute Gasteiger partial charge is 0.410 e. The first-order chi connectivity index (χ1) is 19.2. The number of nitro groups is 1. The van der Waals surface area contributed by atoms with E-state index in [1.807, 2.05) is 0 Å². The molecule has 1 fully saturated rings. The quantitative estimate of drug-likeness (QED) is 0.341. The Morgan fingerprint density at radius 3 is 2.51 bits per heavy atom. The number of nitrogens with zero attached hydrogens (tertiary/aromatic N) is 4. The monoisotopic (exact) mass is 571 g/mol. The number of piperazine rings is 1. The first-order valence-corrected chi connectivity index (χ1v) is 13.1. The van der Waals surface area contributed by atoms with E-state index in [-0.39, 0.29) is 59.7 Å². The predicted octanol–water partition coefficient (Wildman–Crippen LogP) is 4.91. The lowest BCUT2D eigenvalue weighted by Gasteiger charge is -2.41. The number of aryl methyl sites for hydroxylation is 1. The van der Waals surface area contributed by atoms with Crippen LogP contribution in [-0.4, -0.2) is 57.7 Å². The number of anilines is 2. The molecule has 218 valence electrons. The van der Waals surface area contributed by atoms with E-state index in [1.54, 1.807) is 34.6 Å². The highest BCUT2D eigenvalue weighted by molar-refractivity contribution is 6.06. The fourth-order valence-corrected chi connectivity index (χ4v) is 4.83. The van der Waals surface area contributed by atoms with Crippen LogP contribution in [0.3, 0.4) is 0 Å². The average Bonchev–Trinajstić information content (AvgIpc) is 2.88. The summed E-state index contributed by atoms with van der Waals surface area (Å²) >= 11 is 0. The number of carbonyl (C=O) groups is 2. The first kappa shape index (κ1) is 29.4. The van der Waals surface area contributed by atoms with Gasteiger partial charge in [-0.1, -0.05) is 6.07 Å². The van der Waals surface area contributed by atoms with Crippen molar-refractivity contribution in [1.82, 2.24) is 9.47 Å². The topological polar surface area (TPSA) is 127 Å². The Morgan fingerprint density at radius 1 is 1.20 bits per heavy atom. The highest BCUT2D eigenvalue weighted by Crippen LogP contribution is 2.32. The molecule has 0 spiro atoms. The number of amides is 2. The van der Waals surface area contributed by atoms with Gasteiger partial charge in [0.15, 0.2) is 5.82 Å². The van der Waals surface area contributed by atoms with E-state index in [0.29, 0.717) is 0 Å². The highest BCUT2D eigenvalue weighted by Gasteiger charge is 2.34. The molecule has 3 aromatic rings. The number of hydrogen-bond donors (Lipinski definition) is 1. The predicted molar refractivity (Wildman–Crippen MR) is 149 cm³/mol. The largest absolute Gasteiger partial charge is 0.444 e. The number of nitrogens with one attached hydrogen (secondary N) is 1. The Hall–Kier alpha value is -4.55. The van der Waals surface area contributed by atoms with Gasteiger partial charge in [0.05, 0.1) is 15.8 Å². The van der Waals surface area contributed by atoms with Crippen LogP contribution < -0.4 is 15.6 Å². The highest BCUT2D eigenvalue weighted by atomic mass is 19.1. The molecular weight excluding hydrogens is 540 g/mol. The van der Waals surface area contributed by atoms with Gasteiger partial charge in [0.1, 0.15) is 22.7 Å². The summed E-state index contributed by atoms with van der Waals surface area (Å²) in [6.45, 7) is 9.26. The normalized spacial score (nSPS) is 15.6. The van der Waals surface area contributed by atoms with E-state index in [4.69, 9.17) is 4.74 Å². The Morgan fingerprint density at radius 2 is 1.90 bits per heavy atom. The summed E-state index contributed by atoms with van der Waals surface area (Å²) in [5.41, 5.74) is -2.63. The van der Waals surface area contributed by atoms with Crippen LogP contribution >= 0.6 is 0 Å². The zero-order valence-electron chi connectivity index (χ0n) is 23.4. The maximum atomic E-state index is 16.0. The second kappa shape index (κ2) is 11.1. The Bertz CT molecular complexity index is 1600. The second-order valence-corrected chi connectivity index (χ2v) is 10.8. The SMILES string of the molecule is CCn1cc(C(=O)Nc2cccc([N+](=O)[O-])c2)c(=O)c2cc(F)c(N3CCN(C(=O)OC(C)(C)C)C(C)C3)c(F)c21. The van der Waals surface area contributed by atoms with Crippen LogP contribution in [0.25, 0.3) is 10.9 Å². The maximum absolute atomic E-state index is 16.0. The third-order valence-corrected chi connectivity index (χ3v) is 6.70. The number of rotatable bonds is 5. The molecule has 1 unspecified atom stereocenters. The molecule has 0 saturated carbocycles. The lowest BCUT2D eigenvalue weighted by Crippen LogP contribution is -2.55. The molecule has 1 aliphatic heterocycles. The average molecular weight is 572 g/mol. The number of aromatic nitrogens is 1. The summed E-state index contributed by atoms with van der Waals surface area (Å²) in [4.78, 5) is 52.3. The number of halogens is 2. The molecule has 1 N–H and O–H groups in total. The van der Waals surface area contributed by atoms with Crippen molar-refractivity contribution in [3.63, 3.8) is 0 Å². The van der Waals surface area contributed by atoms with Crippen molar-refractivity contribution in [3.8, 4) is 0 Å². The molecule has 1 aliphatic rings. The van der Waals surface area contributed by atoms with E-state index < -0.39 is 45.6 Å². The van der Waals surface area contributed by atoms with E-state index in [2.05, 4.69) is 5.32 Å². The van der Waals surface area contributed by atoms with Crippen LogP contribution in [0.2, 0.25) is 0 Å². The van der Waals surface area contributed by atoms with E-state index in [1.165, 1.54) is 38.8 Å². The van der Waals surface area contributed by atoms with Crippen molar-refractivity contribution >= 4 is 40.0 Å². The van der Waals surface area contributed by atoms with Gasteiger partial charge in [-0.15, -0.1) is 0 Å². The maximum Gasteiger partial charge on any atom is 0.410 e. The van der Waals surface area contributed by atoms with Crippen molar-refractivity contribution < 1.29 is 28.0 Å². The van der Waals surface area contributed by atoms with Crippen LogP contribution in [0.15, 0.2) is 41.3 Å². The van der Waals surface area contributed by atoms with Crippen LogP contribution in [0, 0.1) is 21.7 Å². The minimum Gasteiger partial charge on any atom is -0.444 e. The number of benzene rings is 2. The molecule has 0 bridgehead atoms. The van der Waals surface area contributed by atoms with Gasteiger partial charge in [-0.3, -0.25) is 19.7 Å². The fourth-order valence-electron chi connectivity index (χ4n) is 4.83. The molecule has 1 saturated heterocycles. The molecule has 41 heavy (non-hydrogen) atoms. The summed E-state index contributed by atoms with van der Waals surface area (Å²) < 4.78 is 38.3. The minimum absolute atomic E-state index is 0.0825. The zero-order chi connectivity index (χ0) is 30.2. The van der Waals surface area contributed by atoms with Crippen molar-refractivity contribution in [1.29, 1.82) is 0 Å². The summed E-state index contributed by atoms with van der Waals surface area (Å²) in [7, 11) is 0. The molecule has 2 amide bonds. The van der Waals surface area contributed by atoms with Crippen LogP contribution in [0.1, 0.15) is 45.0 Å². The third-order valence-electron chi connectivity index (χ3n) is 6.70. The molecule has 2 heterocycles. The Kier molecular flexibility index (Phi) is 8.00. The summed E-state index contributed by atoms with van der Waals surface area (Å²) in [6.07, 6.45) is 0.672. The number of pyridine rings is 1. The third kappa shape index (κ3) is 5.98. The van der Waals surface area contributed by atoms with Crippen LogP contribution in [-0.2, 0) is 11.3 Å². The lowest BCUT2D eigenvalue weighted by molar-refractivity contribution is -0.384. The van der Waals surface area contributed by atoms with Gasteiger partial charge >= 0.3 is 6.09 Å². The van der Waals surface area contributed by atoms with Gasteiger partial charge in [0, 0.05) is 56.2 Å². The molecular formula is C28H31F2N5O6. The molecule has 4 rings (SSSR count). The van der Waals surface area contributed by atoms with Gasteiger partial charge in [0.2, 0.25) is 5.43 Å². The lowest BCUT2D eigenvalue weighted by atomic mass is 10.1. The number of carbonyl (C=O) groups excluding carboxylic acids is 2. The molecule has 0 radical (unpaired) electrons. The van der Waals surface area contributed by atoms with Crippen molar-refractivity contribution in [2.24, 2.45) is 0 Å². The van der Waals surface area contributed by atoms with Crippen molar-refractivity contribution in [2.45, 2.75) is 52.8 Å². The number of nitro benzene ring substituents is 1. The number of non-ortho nitro benzene ring substituents is 1. The van der Waals surface area contributed by atoms with Crippen molar-refractivity contribution in [2.75, 3.05) is 29.9 Å². The van der Waals surface area contributed by atoms with Gasteiger partial charge in [-0.25, -0.2) is 13.6 Å². The summed E-state index contributed by atoms with van der Waals surface area (Å²) in [5.74, 6) is -2.82. The van der Waals surface area contributed by atoms with Gasteiger partial charge in [-0.2, -0.15) is 0 Å². The van der Waals surface area contributed by atoms with E-state index in [0.717, 1.165) is 12.1 Å².